The minimum Gasteiger partial charge on any atom is -0.396 e. The van der Waals surface area contributed by atoms with E-state index in [9.17, 15) is 5.11 Å². The number of nitrogens with zero attached hydrogens (tertiary/aromatic N) is 1. The molecule has 2 nitrogen and oxygen atoms in total. The molecule has 2 atom stereocenters. The summed E-state index contributed by atoms with van der Waals surface area (Å²) in [5, 5.41) is 9.35. The molecule has 3 rings (SSSR count). The van der Waals surface area contributed by atoms with Gasteiger partial charge in [0.25, 0.3) is 0 Å². The van der Waals surface area contributed by atoms with E-state index < -0.39 is 0 Å². The number of hydrogen-bond acceptors (Lipinski definition) is 2. The van der Waals surface area contributed by atoms with Crippen molar-refractivity contribution in [2.75, 3.05) is 19.7 Å². The van der Waals surface area contributed by atoms with Gasteiger partial charge in [-0.1, -0.05) is 60.7 Å². The molecule has 2 heteroatoms. The van der Waals surface area contributed by atoms with Crippen molar-refractivity contribution in [3.05, 3.63) is 71.8 Å². The third-order valence-electron chi connectivity index (χ3n) is 4.49. The van der Waals surface area contributed by atoms with Crippen molar-refractivity contribution in [1.82, 2.24) is 4.90 Å². The molecule has 1 fully saturated rings. The lowest BCUT2D eigenvalue weighted by Gasteiger charge is -2.17. The summed E-state index contributed by atoms with van der Waals surface area (Å²) < 4.78 is 0. The Morgan fingerprint density at radius 3 is 2.24 bits per heavy atom. The molecule has 110 valence electrons. The molecule has 0 radical (unpaired) electrons. The van der Waals surface area contributed by atoms with Crippen molar-refractivity contribution in [3.63, 3.8) is 0 Å². The first-order valence-corrected chi connectivity index (χ1v) is 7.79. The van der Waals surface area contributed by atoms with E-state index in [4.69, 9.17) is 0 Å². The quantitative estimate of drug-likeness (QED) is 0.909. The van der Waals surface area contributed by atoms with Crippen LogP contribution in [-0.4, -0.2) is 29.7 Å². The van der Waals surface area contributed by atoms with Gasteiger partial charge < -0.3 is 5.11 Å². The van der Waals surface area contributed by atoms with Crippen LogP contribution in [-0.2, 0) is 6.54 Å². The second-order valence-electron chi connectivity index (χ2n) is 5.97. The van der Waals surface area contributed by atoms with E-state index >= 15 is 0 Å². The fourth-order valence-corrected chi connectivity index (χ4v) is 3.47. The molecule has 2 unspecified atom stereocenters. The molecular formula is C19H23NO. The van der Waals surface area contributed by atoms with Crippen molar-refractivity contribution in [2.45, 2.75) is 18.9 Å². The number of likely N-dealkylation sites (tertiary alicyclic amines) is 1. The van der Waals surface area contributed by atoms with Crippen molar-refractivity contribution < 1.29 is 5.11 Å². The van der Waals surface area contributed by atoms with E-state index in [1.54, 1.807) is 0 Å². The zero-order chi connectivity index (χ0) is 14.5. The van der Waals surface area contributed by atoms with Gasteiger partial charge in [0.05, 0.1) is 0 Å². The number of aliphatic hydroxyl groups excluding tert-OH is 1. The van der Waals surface area contributed by atoms with E-state index in [0.717, 1.165) is 26.1 Å². The predicted octanol–water partition coefficient (Wildman–Crippen LogP) is 3.28. The molecule has 0 amide bonds. The number of aliphatic hydroxyl groups is 1. The molecule has 2 aromatic carbocycles. The van der Waals surface area contributed by atoms with Crippen LogP contribution in [0.2, 0.25) is 0 Å². The van der Waals surface area contributed by atoms with Crippen molar-refractivity contribution in [2.24, 2.45) is 5.92 Å². The first-order valence-electron chi connectivity index (χ1n) is 7.79. The van der Waals surface area contributed by atoms with Crippen LogP contribution in [0, 0.1) is 5.92 Å². The first-order chi connectivity index (χ1) is 10.4. The zero-order valence-electron chi connectivity index (χ0n) is 12.4. The molecule has 1 aliphatic heterocycles. The third kappa shape index (κ3) is 3.52. The number of rotatable bonds is 5. The standard InChI is InChI=1S/C19H23NO/c21-12-11-18-14-20(13-16-7-3-1-4-8-16)15-19(18)17-9-5-2-6-10-17/h1-10,18-19,21H,11-15H2. The zero-order valence-corrected chi connectivity index (χ0v) is 12.4. The van der Waals surface area contributed by atoms with Crippen LogP contribution in [0.4, 0.5) is 0 Å². The van der Waals surface area contributed by atoms with Crippen molar-refractivity contribution in [1.29, 1.82) is 0 Å². The Hall–Kier alpha value is -1.64. The maximum absolute atomic E-state index is 9.35. The SMILES string of the molecule is OCCC1CN(Cc2ccccc2)CC1c1ccccc1. The van der Waals surface area contributed by atoms with Gasteiger partial charge >= 0.3 is 0 Å². The summed E-state index contributed by atoms with van der Waals surface area (Å²) in [5.41, 5.74) is 2.78. The van der Waals surface area contributed by atoms with Crippen LogP contribution in [0.15, 0.2) is 60.7 Å². The summed E-state index contributed by atoms with van der Waals surface area (Å²) in [7, 11) is 0. The molecule has 1 aliphatic rings. The normalized spacial score (nSPS) is 22.5. The lowest BCUT2D eigenvalue weighted by Crippen LogP contribution is -2.20. The van der Waals surface area contributed by atoms with E-state index in [1.807, 2.05) is 0 Å². The largest absolute Gasteiger partial charge is 0.396 e. The Morgan fingerprint density at radius 1 is 0.905 bits per heavy atom. The van der Waals surface area contributed by atoms with Crippen molar-refractivity contribution >= 4 is 0 Å². The summed E-state index contributed by atoms with van der Waals surface area (Å²) >= 11 is 0. The van der Waals surface area contributed by atoms with Crippen LogP contribution < -0.4 is 0 Å². The van der Waals surface area contributed by atoms with Crippen LogP contribution in [0.25, 0.3) is 0 Å². The molecule has 2 aromatic rings. The second-order valence-corrected chi connectivity index (χ2v) is 5.97. The molecule has 1 N–H and O–H groups in total. The van der Waals surface area contributed by atoms with Gasteiger partial charge in [-0.2, -0.15) is 0 Å². The molecule has 0 spiro atoms. The monoisotopic (exact) mass is 281 g/mol. The summed E-state index contributed by atoms with van der Waals surface area (Å²) in [5.74, 6) is 1.10. The number of hydrogen-bond donors (Lipinski definition) is 1. The average molecular weight is 281 g/mol. The van der Waals surface area contributed by atoms with E-state index in [2.05, 4.69) is 65.6 Å². The van der Waals surface area contributed by atoms with E-state index in [0.29, 0.717) is 11.8 Å². The molecule has 0 aromatic heterocycles. The average Bonchev–Trinajstić information content (AvgIpc) is 2.92. The fourth-order valence-electron chi connectivity index (χ4n) is 3.47. The summed E-state index contributed by atoms with van der Waals surface area (Å²) in [6.45, 7) is 3.46. The maximum atomic E-state index is 9.35. The Kier molecular flexibility index (Phi) is 4.69. The van der Waals surface area contributed by atoms with Crippen molar-refractivity contribution in [3.8, 4) is 0 Å². The highest BCUT2D eigenvalue weighted by molar-refractivity contribution is 5.23. The summed E-state index contributed by atoms with van der Waals surface area (Å²) in [6, 6.07) is 21.4. The summed E-state index contributed by atoms with van der Waals surface area (Å²) in [6.07, 6.45) is 0.894. The van der Waals surface area contributed by atoms with Crippen LogP contribution >= 0.6 is 0 Å². The van der Waals surface area contributed by atoms with E-state index in [1.165, 1.54) is 11.1 Å². The van der Waals surface area contributed by atoms with Crippen LogP contribution in [0.5, 0.6) is 0 Å². The predicted molar refractivity (Wildman–Crippen MR) is 86.1 cm³/mol. The molecule has 0 bridgehead atoms. The van der Waals surface area contributed by atoms with Gasteiger partial charge in [-0.25, -0.2) is 0 Å². The van der Waals surface area contributed by atoms with Gasteiger partial charge in [-0.05, 0) is 23.5 Å². The Morgan fingerprint density at radius 2 is 1.57 bits per heavy atom. The molecule has 0 aliphatic carbocycles. The molecular weight excluding hydrogens is 258 g/mol. The van der Waals surface area contributed by atoms with Crippen LogP contribution in [0.1, 0.15) is 23.5 Å². The second kappa shape index (κ2) is 6.88. The van der Waals surface area contributed by atoms with Gasteiger partial charge in [0.15, 0.2) is 0 Å². The van der Waals surface area contributed by atoms with E-state index in [-0.39, 0.29) is 6.61 Å². The molecule has 1 heterocycles. The highest BCUT2D eigenvalue weighted by atomic mass is 16.3. The van der Waals surface area contributed by atoms with Gasteiger partial charge in [0.2, 0.25) is 0 Å². The van der Waals surface area contributed by atoms with Crippen LogP contribution in [0.3, 0.4) is 0 Å². The highest BCUT2D eigenvalue weighted by Crippen LogP contribution is 2.35. The minimum atomic E-state index is 0.285. The molecule has 1 saturated heterocycles. The summed E-state index contributed by atoms with van der Waals surface area (Å²) in [4.78, 5) is 2.52. The fraction of sp³-hybridized carbons (Fsp3) is 0.368. The highest BCUT2D eigenvalue weighted by Gasteiger charge is 2.32. The Balaban J connectivity index is 1.72. The Labute approximate surface area is 127 Å². The maximum Gasteiger partial charge on any atom is 0.0434 e. The van der Waals surface area contributed by atoms with Gasteiger partial charge in [-0.3, -0.25) is 4.90 Å². The Bertz CT molecular complexity index is 540. The lowest BCUT2D eigenvalue weighted by atomic mass is 9.87. The van der Waals surface area contributed by atoms with Gasteiger partial charge in [0, 0.05) is 32.2 Å². The molecule has 21 heavy (non-hydrogen) atoms. The molecule has 0 saturated carbocycles. The topological polar surface area (TPSA) is 23.5 Å². The third-order valence-corrected chi connectivity index (χ3v) is 4.49. The lowest BCUT2D eigenvalue weighted by molar-refractivity contribution is 0.246. The smallest absolute Gasteiger partial charge is 0.0434 e. The minimum absolute atomic E-state index is 0.285. The first kappa shape index (κ1) is 14.3. The van der Waals surface area contributed by atoms with Gasteiger partial charge in [-0.15, -0.1) is 0 Å². The number of benzene rings is 2. The van der Waals surface area contributed by atoms with Gasteiger partial charge in [0.1, 0.15) is 0 Å².